The Morgan fingerprint density at radius 2 is 1.79 bits per heavy atom. The molecule has 1 aliphatic heterocycles. The predicted octanol–water partition coefficient (Wildman–Crippen LogP) is 2.59. The van der Waals surface area contributed by atoms with Crippen LogP contribution in [0.5, 0.6) is 0 Å². The van der Waals surface area contributed by atoms with Gasteiger partial charge in [-0.25, -0.2) is 4.79 Å². The van der Waals surface area contributed by atoms with Crippen LogP contribution in [0.2, 0.25) is 0 Å². The Bertz CT molecular complexity index is 795. The molecule has 2 N–H and O–H groups in total. The molecule has 0 aromatic heterocycles. The lowest BCUT2D eigenvalue weighted by atomic mass is 9.92. The zero-order valence-electron chi connectivity index (χ0n) is 16.7. The minimum Gasteiger partial charge on any atom is -0.478 e. The number of benzene rings is 1. The number of rotatable bonds is 8. The highest BCUT2D eigenvalue weighted by Gasteiger charge is 2.50. The lowest BCUT2D eigenvalue weighted by Crippen LogP contribution is -2.47. The molecule has 1 aromatic rings. The highest BCUT2D eigenvalue weighted by Crippen LogP contribution is 2.58. The van der Waals surface area contributed by atoms with Gasteiger partial charge in [-0.3, -0.25) is 14.2 Å². The molecule has 1 atom stereocenters. The van der Waals surface area contributed by atoms with Gasteiger partial charge < -0.3 is 24.2 Å². The average Bonchev–Trinajstić information content (AvgIpc) is 2.69. The molecule has 2 rings (SSSR count). The van der Waals surface area contributed by atoms with E-state index >= 15 is 0 Å². The van der Waals surface area contributed by atoms with E-state index in [0.29, 0.717) is 0 Å². The fraction of sp³-hybridized carbons (Fsp3) is 0.526. The molecule has 0 aliphatic carbocycles. The monoisotopic (exact) mass is 427 g/mol. The zero-order valence-corrected chi connectivity index (χ0v) is 17.6. The van der Waals surface area contributed by atoms with Crippen LogP contribution in [0.1, 0.15) is 43.1 Å². The number of carbonyl (C=O) groups is 3. The molecule has 1 saturated heterocycles. The Hall–Kier alpha value is -2.22. The lowest BCUT2D eigenvalue weighted by molar-refractivity contribution is -0.143. The van der Waals surface area contributed by atoms with Gasteiger partial charge in [-0.15, -0.1) is 0 Å². The van der Waals surface area contributed by atoms with E-state index in [1.807, 2.05) is 0 Å². The van der Waals surface area contributed by atoms with Crippen LogP contribution in [0.15, 0.2) is 24.3 Å². The number of hydrogen-bond acceptors (Lipinski definition) is 7. The summed E-state index contributed by atoms with van der Waals surface area (Å²) in [4.78, 5) is 35.5. The minimum atomic E-state index is -3.73. The van der Waals surface area contributed by atoms with Crippen LogP contribution in [0.25, 0.3) is 0 Å². The van der Waals surface area contributed by atoms with E-state index in [-0.39, 0.29) is 44.3 Å². The van der Waals surface area contributed by atoms with Gasteiger partial charge >= 0.3 is 19.5 Å². The molecule has 1 amide bonds. The number of amides is 1. The van der Waals surface area contributed by atoms with Crippen molar-refractivity contribution in [1.82, 2.24) is 5.32 Å². The van der Waals surface area contributed by atoms with Crippen molar-refractivity contribution in [2.75, 3.05) is 19.8 Å². The number of ether oxygens (including phenoxy) is 1. The summed E-state index contributed by atoms with van der Waals surface area (Å²) in [5.41, 5.74) is -1.22. The highest BCUT2D eigenvalue weighted by molar-refractivity contribution is 7.55. The molecule has 0 spiro atoms. The Morgan fingerprint density at radius 1 is 1.21 bits per heavy atom. The van der Waals surface area contributed by atoms with Gasteiger partial charge in [0.25, 0.3) is 0 Å². The van der Waals surface area contributed by atoms with Crippen LogP contribution in [0, 0.1) is 5.41 Å². The summed E-state index contributed by atoms with van der Waals surface area (Å²) in [6.07, 6.45) is 0.228. The van der Waals surface area contributed by atoms with Crippen molar-refractivity contribution >= 4 is 25.4 Å². The van der Waals surface area contributed by atoms with Crippen molar-refractivity contribution in [1.29, 1.82) is 0 Å². The molecular weight excluding hydrogens is 401 g/mol. The van der Waals surface area contributed by atoms with E-state index in [4.69, 9.17) is 18.9 Å². The molecule has 9 nitrogen and oxygen atoms in total. The van der Waals surface area contributed by atoms with Gasteiger partial charge in [-0.2, -0.15) is 0 Å². The number of nitrogens with one attached hydrogen (secondary N) is 1. The van der Waals surface area contributed by atoms with E-state index in [1.165, 1.54) is 12.1 Å². The predicted molar refractivity (Wildman–Crippen MR) is 104 cm³/mol. The molecular formula is C19H26NO8P. The van der Waals surface area contributed by atoms with Crippen LogP contribution >= 0.6 is 7.60 Å². The normalized spacial score (nSPS) is 25.1. The van der Waals surface area contributed by atoms with Gasteiger partial charge in [-0.05, 0) is 38.0 Å². The Balaban J connectivity index is 1.96. The molecule has 29 heavy (non-hydrogen) atoms. The van der Waals surface area contributed by atoms with Crippen molar-refractivity contribution in [3.63, 3.8) is 0 Å². The first-order valence-corrected chi connectivity index (χ1v) is 10.9. The second-order valence-corrected chi connectivity index (χ2v) is 9.23. The van der Waals surface area contributed by atoms with E-state index in [0.717, 1.165) is 5.56 Å². The summed E-state index contributed by atoms with van der Waals surface area (Å²) < 4.78 is 28.7. The third kappa shape index (κ3) is 5.44. The highest BCUT2D eigenvalue weighted by atomic mass is 31.2. The SMILES string of the molecule is CCOC(=O)C(CC)P1(=O)OCC(C)(C(=O)NCc2ccc(C(=O)O)cc2)CO1. The third-order valence-electron chi connectivity index (χ3n) is 4.66. The molecule has 0 saturated carbocycles. The molecule has 1 fully saturated rings. The Kier molecular flexibility index (Phi) is 7.57. The summed E-state index contributed by atoms with van der Waals surface area (Å²) in [7, 11) is -3.73. The van der Waals surface area contributed by atoms with Crippen LogP contribution in [0.3, 0.4) is 0 Å². The van der Waals surface area contributed by atoms with Crippen LogP contribution in [-0.4, -0.2) is 48.4 Å². The van der Waals surface area contributed by atoms with Crippen LogP contribution in [0.4, 0.5) is 0 Å². The number of carboxylic acids is 1. The maximum absolute atomic E-state index is 12.9. The summed E-state index contributed by atoms with van der Waals surface area (Å²) in [5.74, 6) is -2.03. The van der Waals surface area contributed by atoms with Gasteiger partial charge in [0.05, 0.1) is 30.8 Å². The molecule has 10 heteroatoms. The summed E-state index contributed by atoms with van der Waals surface area (Å²) in [6, 6.07) is 6.13. The summed E-state index contributed by atoms with van der Waals surface area (Å²) in [6.45, 7) is 4.97. The maximum Gasteiger partial charge on any atom is 0.344 e. The number of carbonyl (C=O) groups excluding carboxylic acids is 2. The van der Waals surface area contributed by atoms with Crippen molar-refractivity contribution in [2.24, 2.45) is 5.41 Å². The number of esters is 1. The van der Waals surface area contributed by atoms with Crippen LogP contribution in [-0.2, 0) is 34.5 Å². The lowest BCUT2D eigenvalue weighted by Gasteiger charge is -2.37. The first-order valence-electron chi connectivity index (χ1n) is 9.31. The molecule has 160 valence electrons. The van der Waals surface area contributed by atoms with E-state index in [9.17, 15) is 18.9 Å². The molecule has 0 bridgehead atoms. The van der Waals surface area contributed by atoms with Gasteiger partial charge in [0.2, 0.25) is 5.91 Å². The maximum atomic E-state index is 12.9. The minimum absolute atomic E-state index is 0.156. The van der Waals surface area contributed by atoms with E-state index < -0.39 is 30.6 Å². The third-order valence-corrected chi connectivity index (χ3v) is 6.97. The van der Waals surface area contributed by atoms with Crippen molar-refractivity contribution in [2.45, 2.75) is 39.4 Å². The Morgan fingerprint density at radius 3 is 2.28 bits per heavy atom. The van der Waals surface area contributed by atoms with Crippen molar-refractivity contribution in [3.8, 4) is 0 Å². The average molecular weight is 427 g/mol. The van der Waals surface area contributed by atoms with Crippen LogP contribution < -0.4 is 5.32 Å². The van der Waals surface area contributed by atoms with E-state index in [2.05, 4.69) is 5.32 Å². The standard InChI is InChI=1S/C19H26NO8P/c1-4-15(17(23)26-5-2)29(25)27-11-19(3,12-28-29)18(24)20-10-13-6-8-14(9-7-13)16(21)22/h6-9,15H,4-5,10-12H2,1-3H3,(H,20,24)(H,21,22). The molecule has 1 heterocycles. The first kappa shape index (κ1) is 23.1. The summed E-state index contributed by atoms with van der Waals surface area (Å²) in [5, 5.41) is 11.7. The molecule has 1 aliphatic rings. The number of carboxylic acid groups (broad SMARTS) is 1. The van der Waals surface area contributed by atoms with Gasteiger partial charge in [0.1, 0.15) is 0 Å². The summed E-state index contributed by atoms with van der Waals surface area (Å²) >= 11 is 0. The van der Waals surface area contributed by atoms with Gasteiger partial charge in [0.15, 0.2) is 5.66 Å². The molecule has 1 aromatic carbocycles. The van der Waals surface area contributed by atoms with Crippen molar-refractivity contribution in [3.05, 3.63) is 35.4 Å². The largest absolute Gasteiger partial charge is 0.478 e. The Labute approximate surface area is 169 Å². The quantitative estimate of drug-likeness (QED) is 0.479. The smallest absolute Gasteiger partial charge is 0.344 e. The zero-order chi connectivity index (χ0) is 21.7. The fourth-order valence-corrected chi connectivity index (χ4v) is 4.92. The molecule has 1 unspecified atom stereocenters. The number of aromatic carboxylic acids is 1. The first-order chi connectivity index (χ1) is 13.6. The fourth-order valence-electron chi connectivity index (χ4n) is 2.77. The van der Waals surface area contributed by atoms with Crippen molar-refractivity contribution < 1.29 is 37.8 Å². The van der Waals surface area contributed by atoms with E-state index in [1.54, 1.807) is 32.9 Å². The van der Waals surface area contributed by atoms with Gasteiger partial charge in [0, 0.05) is 6.54 Å². The topological polar surface area (TPSA) is 128 Å². The number of hydrogen-bond donors (Lipinski definition) is 2. The van der Waals surface area contributed by atoms with Gasteiger partial charge in [-0.1, -0.05) is 19.1 Å². The second kappa shape index (κ2) is 9.52. The second-order valence-electron chi connectivity index (χ2n) is 7.01. The molecule has 0 radical (unpaired) electrons.